The lowest BCUT2D eigenvalue weighted by molar-refractivity contribution is 0.628. The van der Waals surface area contributed by atoms with E-state index in [0.29, 0.717) is 16.9 Å². The maximum Gasteiger partial charge on any atom is 0.171 e. The van der Waals surface area contributed by atoms with Crippen LogP contribution < -0.4 is 10.6 Å². The van der Waals surface area contributed by atoms with Gasteiger partial charge in [-0.3, -0.25) is 0 Å². The predicted octanol–water partition coefficient (Wildman–Crippen LogP) is 6.76. The zero-order valence-corrected chi connectivity index (χ0v) is 17.5. The summed E-state index contributed by atoms with van der Waals surface area (Å²) in [6.07, 6.45) is 2.14. The first-order valence-electron chi connectivity index (χ1n) is 9.71. The predicted molar refractivity (Wildman–Crippen MR) is 118 cm³/mol. The van der Waals surface area contributed by atoms with Gasteiger partial charge in [-0.15, -0.1) is 0 Å². The van der Waals surface area contributed by atoms with Gasteiger partial charge < -0.3 is 10.6 Å². The van der Waals surface area contributed by atoms with Crippen LogP contribution in [0.5, 0.6) is 0 Å². The Balaban J connectivity index is 1.98. The van der Waals surface area contributed by atoms with Gasteiger partial charge in [-0.1, -0.05) is 71.0 Å². The lowest BCUT2D eigenvalue weighted by atomic mass is 9.98. The van der Waals surface area contributed by atoms with Crippen molar-refractivity contribution >= 4 is 23.0 Å². The second-order valence-corrected chi connectivity index (χ2v) is 7.72. The molecule has 2 nitrogen and oxygen atoms in total. The van der Waals surface area contributed by atoms with E-state index in [1.807, 2.05) is 0 Å². The molecule has 0 radical (unpaired) electrons. The van der Waals surface area contributed by atoms with Gasteiger partial charge in [0.1, 0.15) is 0 Å². The monoisotopic (exact) mass is 368 g/mol. The SMILES string of the molecule is CCC(C)c1ccc(NC(=S)NC(CC)c2ccc(C(C)C)cc2)cc1. The molecule has 0 heterocycles. The van der Waals surface area contributed by atoms with E-state index in [2.05, 4.69) is 93.8 Å². The Bertz CT molecular complexity index is 689. The molecule has 0 aliphatic rings. The van der Waals surface area contributed by atoms with Crippen LogP contribution in [0.1, 0.15) is 82.0 Å². The van der Waals surface area contributed by atoms with Crippen molar-refractivity contribution in [3.8, 4) is 0 Å². The average Bonchev–Trinajstić information content (AvgIpc) is 2.66. The molecule has 26 heavy (non-hydrogen) atoms. The number of hydrogen-bond donors (Lipinski definition) is 2. The summed E-state index contributed by atoms with van der Waals surface area (Å²) >= 11 is 5.53. The van der Waals surface area contributed by atoms with Crippen LogP contribution in [-0.4, -0.2) is 5.11 Å². The highest BCUT2D eigenvalue weighted by Crippen LogP contribution is 2.22. The first-order chi connectivity index (χ1) is 12.4. The standard InChI is InChI=1S/C23H32N2S/c1-6-17(5)19-12-14-21(15-13-19)24-23(26)25-22(7-2)20-10-8-18(9-11-20)16(3)4/h8-17,22H,6-7H2,1-5H3,(H2,24,25,26). The third-order valence-electron chi connectivity index (χ3n) is 5.07. The summed E-state index contributed by atoms with van der Waals surface area (Å²) in [4.78, 5) is 0. The molecule has 0 fully saturated rings. The zero-order valence-electron chi connectivity index (χ0n) is 16.7. The van der Waals surface area contributed by atoms with Crippen LogP contribution in [0.4, 0.5) is 5.69 Å². The van der Waals surface area contributed by atoms with E-state index >= 15 is 0 Å². The summed E-state index contributed by atoms with van der Waals surface area (Å²) in [6.45, 7) is 11.1. The van der Waals surface area contributed by atoms with Crippen LogP contribution in [0.15, 0.2) is 48.5 Å². The minimum atomic E-state index is 0.218. The van der Waals surface area contributed by atoms with Gasteiger partial charge in [-0.25, -0.2) is 0 Å². The number of nitrogens with one attached hydrogen (secondary N) is 2. The summed E-state index contributed by atoms with van der Waals surface area (Å²) in [5, 5.41) is 7.43. The molecule has 0 aromatic heterocycles. The highest BCUT2D eigenvalue weighted by Gasteiger charge is 2.11. The Morgan fingerprint density at radius 1 is 0.808 bits per heavy atom. The Hall–Kier alpha value is -1.87. The first-order valence-corrected chi connectivity index (χ1v) is 10.1. The number of anilines is 1. The second-order valence-electron chi connectivity index (χ2n) is 7.31. The lowest BCUT2D eigenvalue weighted by Gasteiger charge is -2.21. The molecule has 0 aliphatic carbocycles. The molecule has 2 unspecified atom stereocenters. The van der Waals surface area contributed by atoms with Crippen molar-refractivity contribution in [2.24, 2.45) is 0 Å². The number of hydrogen-bond acceptors (Lipinski definition) is 1. The van der Waals surface area contributed by atoms with Crippen LogP contribution in [-0.2, 0) is 0 Å². The first kappa shape index (κ1) is 20.4. The molecule has 2 N–H and O–H groups in total. The van der Waals surface area contributed by atoms with Gasteiger partial charge in [0.25, 0.3) is 0 Å². The van der Waals surface area contributed by atoms with Gasteiger partial charge in [0.15, 0.2) is 5.11 Å². The Labute approximate surface area is 164 Å². The molecule has 0 bridgehead atoms. The Morgan fingerprint density at radius 2 is 1.35 bits per heavy atom. The van der Waals surface area contributed by atoms with Crippen molar-refractivity contribution in [2.45, 2.75) is 65.3 Å². The third kappa shape index (κ3) is 5.57. The van der Waals surface area contributed by atoms with Crippen LogP contribution in [0.2, 0.25) is 0 Å². The summed E-state index contributed by atoms with van der Waals surface area (Å²) in [5.74, 6) is 1.14. The topological polar surface area (TPSA) is 24.1 Å². The molecule has 0 spiro atoms. The van der Waals surface area contributed by atoms with E-state index in [9.17, 15) is 0 Å². The van der Waals surface area contributed by atoms with Crippen molar-refractivity contribution in [1.29, 1.82) is 0 Å². The van der Waals surface area contributed by atoms with Crippen LogP contribution in [0, 0.1) is 0 Å². The van der Waals surface area contributed by atoms with Gasteiger partial charge in [0.05, 0.1) is 6.04 Å². The Kier molecular flexibility index (Phi) is 7.65. The maximum absolute atomic E-state index is 5.53. The number of benzene rings is 2. The van der Waals surface area contributed by atoms with E-state index in [1.54, 1.807) is 0 Å². The van der Waals surface area contributed by atoms with Crippen LogP contribution in [0.25, 0.3) is 0 Å². The molecule has 0 saturated carbocycles. The van der Waals surface area contributed by atoms with Crippen molar-refractivity contribution in [3.63, 3.8) is 0 Å². The van der Waals surface area contributed by atoms with Crippen LogP contribution in [0.3, 0.4) is 0 Å². The maximum atomic E-state index is 5.53. The van der Waals surface area contributed by atoms with Gasteiger partial charge in [-0.05, 0) is 65.7 Å². The van der Waals surface area contributed by atoms with Crippen molar-refractivity contribution < 1.29 is 0 Å². The number of rotatable bonds is 7. The molecule has 2 atom stereocenters. The number of thiocarbonyl (C=S) groups is 1. The fourth-order valence-corrected chi connectivity index (χ4v) is 3.25. The third-order valence-corrected chi connectivity index (χ3v) is 5.29. The molecule has 0 saturated heterocycles. The summed E-state index contributed by atoms with van der Waals surface area (Å²) < 4.78 is 0. The van der Waals surface area contributed by atoms with Gasteiger partial charge in [-0.2, -0.15) is 0 Å². The largest absolute Gasteiger partial charge is 0.356 e. The fourth-order valence-electron chi connectivity index (χ4n) is 2.99. The molecule has 0 aliphatic heterocycles. The minimum Gasteiger partial charge on any atom is -0.356 e. The van der Waals surface area contributed by atoms with Crippen molar-refractivity contribution in [2.75, 3.05) is 5.32 Å². The Morgan fingerprint density at radius 3 is 1.85 bits per heavy atom. The van der Waals surface area contributed by atoms with E-state index in [1.165, 1.54) is 16.7 Å². The second kappa shape index (κ2) is 9.72. The van der Waals surface area contributed by atoms with Crippen LogP contribution >= 0.6 is 12.2 Å². The zero-order chi connectivity index (χ0) is 19.1. The highest BCUT2D eigenvalue weighted by atomic mass is 32.1. The van der Waals surface area contributed by atoms with E-state index in [-0.39, 0.29) is 6.04 Å². The molecule has 2 aromatic rings. The van der Waals surface area contributed by atoms with E-state index < -0.39 is 0 Å². The van der Waals surface area contributed by atoms with E-state index in [0.717, 1.165) is 18.5 Å². The van der Waals surface area contributed by atoms with Gasteiger partial charge >= 0.3 is 0 Å². The molecular weight excluding hydrogens is 336 g/mol. The van der Waals surface area contributed by atoms with Gasteiger partial charge in [0.2, 0.25) is 0 Å². The lowest BCUT2D eigenvalue weighted by Crippen LogP contribution is -2.32. The summed E-state index contributed by atoms with van der Waals surface area (Å²) in [6, 6.07) is 17.6. The summed E-state index contributed by atoms with van der Waals surface area (Å²) in [7, 11) is 0. The fraction of sp³-hybridized carbons (Fsp3) is 0.435. The molecule has 3 heteroatoms. The van der Waals surface area contributed by atoms with Crippen molar-refractivity contribution in [3.05, 3.63) is 65.2 Å². The molecular formula is C23H32N2S. The molecule has 0 amide bonds. The normalized spacial score (nSPS) is 13.3. The summed E-state index contributed by atoms with van der Waals surface area (Å²) in [5.41, 5.74) is 5.03. The van der Waals surface area contributed by atoms with E-state index in [4.69, 9.17) is 12.2 Å². The quantitative estimate of drug-likeness (QED) is 0.528. The average molecular weight is 369 g/mol. The molecule has 2 aromatic carbocycles. The molecule has 140 valence electrons. The molecule has 2 rings (SSSR count). The highest BCUT2D eigenvalue weighted by molar-refractivity contribution is 7.80. The van der Waals surface area contributed by atoms with Crippen molar-refractivity contribution in [1.82, 2.24) is 5.32 Å². The smallest absolute Gasteiger partial charge is 0.171 e. The van der Waals surface area contributed by atoms with Gasteiger partial charge in [0, 0.05) is 5.69 Å². The minimum absolute atomic E-state index is 0.218.